The molecule has 150 valence electrons. The average Bonchev–Trinajstić information content (AvgIpc) is 3.25. The Morgan fingerprint density at radius 2 is 2.14 bits per heavy atom. The lowest BCUT2D eigenvalue weighted by atomic mass is 9.82. The second-order valence-electron chi connectivity index (χ2n) is 7.98. The van der Waals surface area contributed by atoms with Crippen LogP contribution in [0, 0.1) is 11.7 Å². The van der Waals surface area contributed by atoms with Crippen molar-refractivity contribution in [3.05, 3.63) is 70.2 Å². The van der Waals surface area contributed by atoms with Gasteiger partial charge in [0.15, 0.2) is 0 Å². The Morgan fingerprint density at radius 1 is 1.24 bits per heavy atom. The molecule has 2 bridgehead atoms. The van der Waals surface area contributed by atoms with E-state index < -0.39 is 0 Å². The van der Waals surface area contributed by atoms with E-state index in [2.05, 4.69) is 20.9 Å². The van der Waals surface area contributed by atoms with Crippen molar-refractivity contribution in [2.45, 2.75) is 25.4 Å². The number of imidazole rings is 1. The van der Waals surface area contributed by atoms with Gasteiger partial charge < -0.3 is 14.3 Å². The van der Waals surface area contributed by atoms with Gasteiger partial charge in [-0.05, 0) is 42.7 Å². The highest BCUT2D eigenvalue weighted by molar-refractivity contribution is 5.53. The Balaban J connectivity index is 1.42. The van der Waals surface area contributed by atoms with Crippen LogP contribution in [0.1, 0.15) is 23.6 Å². The maximum Gasteiger partial charge on any atom is 0.261 e. The summed E-state index contributed by atoms with van der Waals surface area (Å²) in [6.07, 6.45) is 4.45. The third kappa shape index (κ3) is 3.25. The molecule has 2 aliphatic rings. The lowest BCUT2D eigenvalue weighted by molar-refractivity contribution is 0.113. The Hall–Kier alpha value is -2.93. The number of piperidine rings is 1. The van der Waals surface area contributed by atoms with Crippen LogP contribution < -0.4 is 10.3 Å². The van der Waals surface area contributed by atoms with E-state index in [9.17, 15) is 9.18 Å². The highest BCUT2D eigenvalue weighted by Gasteiger charge is 2.35. The van der Waals surface area contributed by atoms with Crippen molar-refractivity contribution in [1.29, 1.82) is 0 Å². The molecule has 3 aromatic rings. The van der Waals surface area contributed by atoms with Gasteiger partial charge in [-0.15, -0.1) is 0 Å². The number of nitrogens with one attached hydrogen (secondary N) is 1. The summed E-state index contributed by atoms with van der Waals surface area (Å²) in [6, 6.07) is 8.80. The first-order valence-electron chi connectivity index (χ1n) is 9.90. The number of hydrogen-bond donors (Lipinski definition) is 1. The van der Waals surface area contributed by atoms with Crippen molar-refractivity contribution < 1.29 is 9.13 Å². The zero-order valence-corrected chi connectivity index (χ0v) is 16.3. The molecule has 1 N–H and O–H groups in total. The predicted molar refractivity (Wildman–Crippen MR) is 107 cm³/mol. The Labute approximate surface area is 168 Å². The summed E-state index contributed by atoms with van der Waals surface area (Å²) in [4.78, 5) is 22.6. The molecule has 7 heteroatoms. The number of aromatic amines is 1. The Bertz CT molecular complexity index is 1090. The molecule has 2 aromatic heterocycles. The molecule has 2 atom stereocenters. The van der Waals surface area contributed by atoms with Gasteiger partial charge in [-0.1, -0.05) is 0 Å². The molecule has 0 spiro atoms. The van der Waals surface area contributed by atoms with Crippen LogP contribution in [0.15, 0.2) is 47.5 Å². The SMILES string of the molecule is COc1ccc(F)c(CN2C[C@@H]3C[C@H](C2)c2ccc(-c4ncc[nH]4)c(=O)n2C3)c1. The van der Waals surface area contributed by atoms with Gasteiger partial charge in [0.2, 0.25) is 0 Å². The summed E-state index contributed by atoms with van der Waals surface area (Å²) in [5, 5.41) is 0. The van der Waals surface area contributed by atoms with Gasteiger partial charge in [-0.25, -0.2) is 9.37 Å². The number of nitrogens with zero attached hydrogens (tertiary/aromatic N) is 3. The fraction of sp³-hybridized carbons (Fsp3) is 0.364. The summed E-state index contributed by atoms with van der Waals surface area (Å²) in [5.74, 6) is 1.72. The van der Waals surface area contributed by atoms with Crippen molar-refractivity contribution in [1.82, 2.24) is 19.4 Å². The van der Waals surface area contributed by atoms with E-state index in [1.165, 1.54) is 6.07 Å². The summed E-state index contributed by atoms with van der Waals surface area (Å²) in [6.45, 7) is 2.90. The van der Waals surface area contributed by atoms with Crippen molar-refractivity contribution >= 4 is 0 Å². The molecule has 6 nitrogen and oxygen atoms in total. The molecule has 2 aliphatic heterocycles. The molecule has 1 aromatic carbocycles. The number of likely N-dealkylation sites (tertiary alicyclic amines) is 1. The van der Waals surface area contributed by atoms with Gasteiger partial charge in [0.25, 0.3) is 5.56 Å². The number of halogens is 1. The molecular weight excluding hydrogens is 371 g/mol. The molecule has 5 rings (SSSR count). The number of aromatic nitrogens is 3. The lowest BCUT2D eigenvalue weighted by Crippen LogP contribution is -2.47. The average molecular weight is 394 g/mol. The fourth-order valence-corrected chi connectivity index (χ4v) is 4.81. The first kappa shape index (κ1) is 18.1. The first-order chi connectivity index (χ1) is 14.1. The highest BCUT2D eigenvalue weighted by Crippen LogP contribution is 2.36. The number of pyridine rings is 1. The molecule has 0 aliphatic carbocycles. The number of ether oxygens (including phenoxy) is 1. The van der Waals surface area contributed by atoms with E-state index in [0.717, 1.165) is 25.2 Å². The van der Waals surface area contributed by atoms with Crippen LogP contribution in [0.4, 0.5) is 4.39 Å². The number of methoxy groups -OCH3 is 1. The third-order valence-corrected chi connectivity index (χ3v) is 6.08. The van der Waals surface area contributed by atoms with Gasteiger partial charge in [0, 0.05) is 55.7 Å². The second-order valence-corrected chi connectivity index (χ2v) is 7.98. The van der Waals surface area contributed by atoms with Crippen LogP contribution in [-0.4, -0.2) is 39.6 Å². The quantitative estimate of drug-likeness (QED) is 0.739. The monoisotopic (exact) mass is 394 g/mol. The lowest BCUT2D eigenvalue weighted by Gasteiger charge is -2.43. The van der Waals surface area contributed by atoms with Crippen LogP contribution in [0.3, 0.4) is 0 Å². The smallest absolute Gasteiger partial charge is 0.261 e. The molecule has 1 saturated heterocycles. The first-order valence-corrected chi connectivity index (χ1v) is 9.90. The largest absolute Gasteiger partial charge is 0.497 e. The van der Waals surface area contributed by atoms with Gasteiger partial charge in [-0.2, -0.15) is 0 Å². The number of H-pyrrole nitrogens is 1. The molecule has 4 heterocycles. The molecule has 29 heavy (non-hydrogen) atoms. The molecule has 1 fully saturated rings. The molecule has 0 radical (unpaired) electrons. The van der Waals surface area contributed by atoms with Gasteiger partial charge in [0.05, 0.1) is 12.7 Å². The minimum absolute atomic E-state index is 0.0134. The summed E-state index contributed by atoms with van der Waals surface area (Å²) >= 11 is 0. The summed E-state index contributed by atoms with van der Waals surface area (Å²) in [5.41, 5.74) is 2.33. The highest BCUT2D eigenvalue weighted by atomic mass is 19.1. The van der Waals surface area contributed by atoms with Crippen molar-refractivity contribution in [3.8, 4) is 17.1 Å². The van der Waals surface area contributed by atoms with E-state index in [1.807, 2.05) is 10.6 Å². The van der Waals surface area contributed by atoms with E-state index in [-0.39, 0.29) is 17.3 Å². The van der Waals surface area contributed by atoms with Crippen LogP contribution in [-0.2, 0) is 13.1 Å². The summed E-state index contributed by atoms with van der Waals surface area (Å²) < 4.78 is 21.4. The maximum atomic E-state index is 14.3. The summed E-state index contributed by atoms with van der Waals surface area (Å²) in [7, 11) is 1.59. The predicted octanol–water partition coefficient (Wildman–Crippen LogP) is 3.01. The Morgan fingerprint density at radius 3 is 2.93 bits per heavy atom. The normalized spacial score (nSPS) is 21.0. The zero-order valence-electron chi connectivity index (χ0n) is 16.3. The van der Waals surface area contributed by atoms with Crippen LogP contribution in [0.5, 0.6) is 5.75 Å². The minimum atomic E-state index is -0.207. The second kappa shape index (κ2) is 7.15. The third-order valence-electron chi connectivity index (χ3n) is 6.08. The minimum Gasteiger partial charge on any atom is -0.497 e. The molecule has 0 saturated carbocycles. The van der Waals surface area contributed by atoms with Crippen LogP contribution in [0.25, 0.3) is 11.4 Å². The molecule has 0 amide bonds. The Kier molecular flexibility index (Phi) is 4.47. The number of fused-ring (bicyclic) bond motifs is 4. The molecule has 0 unspecified atom stereocenters. The van der Waals surface area contributed by atoms with Gasteiger partial charge in [0.1, 0.15) is 17.4 Å². The zero-order chi connectivity index (χ0) is 20.0. The van der Waals surface area contributed by atoms with Crippen molar-refractivity contribution in [2.75, 3.05) is 20.2 Å². The van der Waals surface area contributed by atoms with E-state index >= 15 is 0 Å². The maximum absolute atomic E-state index is 14.3. The molecular formula is C22H23FN4O2. The number of benzene rings is 1. The van der Waals surface area contributed by atoms with Crippen LogP contribution >= 0.6 is 0 Å². The van der Waals surface area contributed by atoms with E-state index in [0.29, 0.717) is 41.7 Å². The van der Waals surface area contributed by atoms with Crippen molar-refractivity contribution in [3.63, 3.8) is 0 Å². The van der Waals surface area contributed by atoms with Gasteiger partial charge in [-0.3, -0.25) is 9.69 Å². The van der Waals surface area contributed by atoms with E-state index in [1.54, 1.807) is 31.6 Å². The van der Waals surface area contributed by atoms with Gasteiger partial charge >= 0.3 is 0 Å². The number of hydrogen-bond acceptors (Lipinski definition) is 4. The van der Waals surface area contributed by atoms with Crippen molar-refractivity contribution in [2.24, 2.45) is 5.92 Å². The number of rotatable bonds is 4. The topological polar surface area (TPSA) is 63.1 Å². The fourth-order valence-electron chi connectivity index (χ4n) is 4.81. The standard InChI is InChI=1S/C22H23FN4O2/c1-29-17-2-4-19(23)15(9-17)12-26-10-14-8-16(13-26)20-5-3-18(21-24-6-7-25-21)22(28)27(20)11-14/h2-7,9,14,16H,8,10-13H2,1H3,(H,24,25)/t14-,16+/m0/s1. The van der Waals surface area contributed by atoms with E-state index in [4.69, 9.17) is 4.74 Å². The van der Waals surface area contributed by atoms with Crippen LogP contribution in [0.2, 0.25) is 0 Å².